The monoisotopic (exact) mass is 322 g/mol. The lowest BCUT2D eigenvalue weighted by molar-refractivity contribution is -0.128. The minimum atomic E-state index is -0.337. The Balaban J connectivity index is 0.00000176. The zero-order chi connectivity index (χ0) is 14.9. The van der Waals surface area contributed by atoms with Crippen molar-refractivity contribution in [2.24, 2.45) is 11.7 Å². The summed E-state index contributed by atoms with van der Waals surface area (Å²) in [6, 6.07) is 8.60. The van der Waals surface area contributed by atoms with Crippen LogP contribution in [0.4, 0.5) is 0 Å². The standard InChI is InChI=1S/C18H26N2O.ClH/c1-18(19)11-5-4-8-16(18)17(21)20-12-14-10-9-13-6-2-3-7-15(13)14;/h2-3,6-7,14,16H,4-5,8-12,19H2,1H3,(H,20,21);1H. The first-order valence-electron chi connectivity index (χ1n) is 8.22. The van der Waals surface area contributed by atoms with Crippen molar-refractivity contribution in [1.82, 2.24) is 5.32 Å². The van der Waals surface area contributed by atoms with Crippen LogP contribution in [0.1, 0.15) is 56.1 Å². The SMILES string of the molecule is CC1(N)CCCCC1C(=O)NCC1CCc2ccccc21.Cl. The number of amides is 1. The van der Waals surface area contributed by atoms with E-state index >= 15 is 0 Å². The molecule has 3 rings (SSSR count). The first-order valence-corrected chi connectivity index (χ1v) is 8.22. The zero-order valence-electron chi connectivity index (χ0n) is 13.3. The Kier molecular flexibility index (Phi) is 5.51. The molecule has 1 fully saturated rings. The maximum atomic E-state index is 12.5. The first kappa shape index (κ1) is 17.3. The van der Waals surface area contributed by atoms with E-state index in [1.54, 1.807) is 0 Å². The molecule has 1 saturated carbocycles. The Hall–Kier alpha value is -1.06. The fourth-order valence-corrected chi connectivity index (χ4v) is 3.99. The van der Waals surface area contributed by atoms with E-state index in [1.165, 1.54) is 11.1 Å². The van der Waals surface area contributed by atoms with Crippen molar-refractivity contribution >= 4 is 18.3 Å². The van der Waals surface area contributed by atoms with Gasteiger partial charge in [-0.2, -0.15) is 0 Å². The van der Waals surface area contributed by atoms with Gasteiger partial charge >= 0.3 is 0 Å². The molecule has 3 atom stereocenters. The fraction of sp³-hybridized carbons (Fsp3) is 0.611. The lowest BCUT2D eigenvalue weighted by Crippen LogP contribution is -2.53. The van der Waals surface area contributed by atoms with Crippen molar-refractivity contribution in [3.05, 3.63) is 35.4 Å². The number of nitrogens with two attached hydrogens (primary N) is 1. The van der Waals surface area contributed by atoms with Crippen LogP contribution in [0.3, 0.4) is 0 Å². The Bertz CT molecular complexity index is 530. The van der Waals surface area contributed by atoms with Crippen LogP contribution in [-0.2, 0) is 11.2 Å². The number of halogens is 1. The molecule has 122 valence electrons. The van der Waals surface area contributed by atoms with Gasteiger partial charge in [-0.3, -0.25) is 4.79 Å². The maximum Gasteiger partial charge on any atom is 0.224 e. The van der Waals surface area contributed by atoms with E-state index in [-0.39, 0.29) is 29.8 Å². The topological polar surface area (TPSA) is 55.1 Å². The van der Waals surface area contributed by atoms with Gasteiger partial charge in [0.25, 0.3) is 0 Å². The number of rotatable bonds is 3. The molecule has 1 aromatic carbocycles. The predicted octanol–water partition coefficient (Wildman–Crippen LogP) is 3.16. The average Bonchev–Trinajstić information content (AvgIpc) is 2.87. The molecule has 0 saturated heterocycles. The van der Waals surface area contributed by atoms with Gasteiger partial charge in [-0.25, -0.2) is 0 Å². The van der Waals surface area contributed by atoms with Gasteiger partial charge in [-0.15, -0.1) is 12.4 Å². The van der Waals surface area contributed by atoms with Crippen LogP contribution < -0.4 is 11.1 Å². The Labute approximate surface area is 139 Å². The lowest BCUT2D eigenvalue weighted by Gasteiger charge is -2.37. The van der Waals surface area contributed by atoms with Crippen molar-refractivity contribution in [2.45, 2.75) is 56.9 Å². The van der Waals surface area contributed by atoms with Gasteiger partial charge in [0.15, 0.2) is 0 Å². The third kappa shape index (κ3) is 3.47. The number of carbonyl (C=O) groups excluding carboxylic acids is 1. The second kappa shape index (κ2) is 7.01. The van der Waals surface area contributed by atoms with E-state index in [1.807, 2.05) is 6.92 Å². The summed E-state index contributed by atoms with van der Waals surface area (Å²) in [5.41, 5.74) is 8.84. The van der Waals surface area contributed by atoms with Gasteiger partial charge in [0.2, 0.25) is 5.91 Å². The van der Waals surface area contributed by atoms with Gasteiger partial charge in [-0.05, 0) is 43.7 Å². The van der Waals surface area contributed by atoms with E-state index in [0.29, 0.717) is 5.92 Å². The molecule has 0 radical (unpaired) electrons. The highest BCUT2D eigenvalue weighted by Crippen LogP contribution is 2.34. The second-order valence-corrected chi connectivity index (χ2v) is 6.98. The van der Waals surface area contributed by atoms with Gasteiger partial charge in [0.1, 0.15) is 0 Å². The molecule has 4 heteroatoms. The molecule has 22 heavy (non-hydrogen) atoms. The average molecular weight is 323 g/mol. The highest BCUT2D eigenvalue weighted by atomic mass is 35.5. The van der Waals surface area contributed by atoms with E-state index < -0.39 is 0 Å². The smallest absolute Gasteiger partial charge is 0.224 e. The molecular formula is C18H27ClN2O. The molecule has 0 aromatic heterocycles. The van der Waals surface area contributed by atoms with E-state index in [4.69, 9.17) is 5.73 Å². The van der Waals surface area contributed by atoms with Crippen LogP contribution >= 0.6 is 12.4 Å². The molecule has 0 aliphatic heterocycles. The third-order valence-electron chi connectivity index (χ3n) is 5.35. The minimum Gasteiger partial charge on any atom is -0.355 e. The van der Waals surface area contributed by atoms with Gasteiger partial charge in [-0.1, -0.05) is 37.1 Å². The molecule has 3 N–H and O–H groups in total. The fourth-order valence-electron chi connectivity index (χ4n) is 3.99. The summed E-state index contributed by atoms with van der Waals surface area (Å²) < 4.78 is 0. The molecule has 1 amide bonds. The molecule has 3 nitrogen and oxygen atoms in total. The summed E-state index contributed by atoms with van der Waals surface area (Å²) in [6.07, 6.45) is 6.43. The Morgan fingerprint density at radius 2 is 2.09 bits per heavy atom. The number of aryl methyl sites for hydroxylation is 1. The second-order valence-electron chi connectivity index (χ2n) is 6.98. The van der Waals surface area contributed by atoms with Crippen LogP contribution in [-0.4, -0.2) is 18.0 Å². The van der Waals surface area contributed by atoms with Gasteiger partial charge in [0, 0.05) is 18.0 Å². The quantitative estimate of drug-likeness (QED) is 0.898. The van der Waals surface area contributed by atoms with Crippen molar-refractivity contribution < 1.29 is 4.79 Å². The lowest BCUT2D eigenvalue weighted by atomic mass is 9.74. The van der Waals surface area contributed by atoms with Crippen LogP contribution in [0.15, 0.2) is 24.3 Å². The maximum absolute atomic E-state index is 12.5. The highest BCUT2D eigenvalue weighted by molar-refractivity contribution is 5.85. The third-order valence-corrected chi connectivity index (χ3v) is 5.35. The van der Waals surface area contributed by atoms with E-state index in [9.17, 15) is 4.79 Å². The van der Waals surface area contributed by atoms with Crippen LogP contribution in [0.5, 0.6) is 0 Å². The van der Waals surface area contributed by atoms with Crippen molar-refractivity contribution in [1.29, 1.82) is 0 Å². The minimum absolute atomic E-state index is 0. The first-order chi connectivity index (χ1) is 10.1. The molecule has 2 aliphatic rings. The summed E-state index contributed by atoms with van der Waals surface area (Å²) in [5, 5.41) is 3.17. The summed E-state index contributed by atoms with van der Waals surface area (Å²) in [4.78, 5) is 12.5. The highest BCUT2D eigenvalue weighted by Gasteiger charge is 2.38. The normalized spacial score (nSPS) is 30.3. The zero-order valence-corrected chi connectivity index (χ0v) is 14.1. The van der Waals surface area contributed by atoms with E-state index in [2.05, 4.69) is 29.6 Å². The molecule has 2 aliphatic carbocycles. The molecule has 0 spiro atoms. The summed E-state index contributed by atoms with van der Waals surface area (Å²) in [5.74, 6) is 0.602. The molecular weight excluding hydrogens is 296 g/mol. The van der Waals surface area contributed by atoms with Crippen LogP contribution in [0.2, 0.25) is 0 Å². The molecule has 0 heterocycles. The number of hydrogen-bond donors (Lipinski definition) is 2. The van der Waals surface area contributed by atoms with Crippen LogP contribution in [0, 0.1) is 5.92 Å². The Morgan fingerprint density at radius 3 is 2.86 bits per heavy atom. The summed E-state index contributed by atoms with van der Waals surface area (Å²) in [6.45, 7) is 2.78. The molecule has 0 bridgehead atoms. The van der Waals surface area contributed by atoms with Crippen molar-refractivity contribution in [3.8, 4) is 0 Å². The van der Waals surface area contributed by atoms with Gasteiger partial charge in [0.05, 0.1) is 5.92 Å². The molecule has 3 unspecified atom stereocenters. The number of carbonyl (C=O) groups is 1. The number of benzene rings is 1. The predicted molar refractivity (Wildman–Crippen MR) is 92.3 cm³/mol. The van der Waals surface area contributed by atoms with Gasteiger partial charge < -0.3 is 11.1 Å². The van der Waals surface area contributed by atoms with Crippen LogP contribution in [0.25, 0.3) is 0 Å². The largest absolute Gasteiger partial charge is 0.355 e. The number of nitrogens with one attached hydrogen (secondary N) is 1. The number of hydrogen-bond acceptors (Lipinski definition) is 2. The summed E-state index contributed by atoms with van der Waals surface area (Å²) in [7, 11) is 0. The molecule has 1 aromatic rings. The summed E-state index contributed by atoms with van der Waals surface area (Å²) >= 11 is 0. The van der Waals surface area contributed by atoms with E-state index in [0.717, 1.165) is 45.1 Å². The van der Waals surface area contributed by atoms with Crippen molar-refractivity contribution in [2.75, 3.05) is 6.54 Å². The number of fused-ring (bicyclic) bond motifs is 1. The van der Waals surface area contributed by atoms with Crippen molar-refractivity contribution in [3.63, 3.8) is 0 Å². The Morgan fingerprint density at radius 1 is 1.32 bits per heavy atom.